The maximum absolute atomic E-state index is 4.61. The number of hydrogen-bond donors (Lipinski definition) is 1. The van der Waals surface area contributed by atoms with E-state index in [0.29, 0.717) is 5.92 Å². The van der Waals surface area contributed by atoms with Gasteiger partial charge < -0.3 is 5.32 Å². The normalized spacial score (nSPS) is 15.9. The second-order valence-corrected chi connectivity index (χ2v) is 3.77. The Morgan fingerprint density at radius 2 is 2.23 bits per heavy atom. The molecule has 0 aromatic carbocycles. The molecule has 2 heterocycles. The van der Waals surface area contributed by atoms with Gasteiger partial charge in [0.25, 0.3) is 0 Å². The standard InChI is InChI=1S/C10H15N3/c1-7(2)9-6-12-10-5-11-4-3-8(10)13-9/h6-7,11H,3-5H2,1-2H3. The lowest BCUT2D eigenvalue weighted by molar-refractivity contribution is 0.604. The minimum Gasteiger partial charge on any atom is -0.311 e. The average Bonchev–Trinajstić information content (AvgIpc) is 2.17. The van der Waals surface area contributed by atoms with Gasteiger partial charge in [-0.1, -0.05) is 13.8 Å². The smallest absolute Gasteiger partial charge is 0.0757 e. The third-order valence-electron chi connectivity index (χ3n) is 2.37. The second kappa shape index (κ2) is 3.42. The van der Waals surface area contributed by atoms with Crippen molar-refractivity contribution in [2.75, 3.05) is 6.54 Å². The molecule has 0 saturated heterocycles. The minimum absolute atomic E-state index is 0.479. The first kappa shape index (κ1) is 8.63. The summed E-state index contributed by atoms with van der Waals surface area (Å²) in [6.45, 7) is 6.21. The van der Waals surface area contributed by atoms with Crippen LogP contribution in [0.25, 0.3) is 0 Å². The Kier molecular flexibility index (Phi) is 2.27. The van der Waals surface area contributed by atoms with Gasteiger partial charge in [-0.2, -0.15) is 0 Å². The maximum atomic E-state index is 4.61. The van der Waals surface area contributed by atoms with Crippen LogP contribution in [0.3, 0.4) is 0 Å². The van der Waals surface area contributed by atoms with Crippen LogP contribution < -0.4 is 5.32 Å². The summed E-state index contributed by atoms with van der Waals surface area (Å²) in [6, 6.07) is 0. The van der Waals surface area contributed by atoms with Crippen LogP contribution >= 0.6 is 0 Å². The fourth-order valence-corrected chi connectivity index (χ4v) is 1.51. The van der Waals surface area contributed by atoms with E-state index in [1.807, 2.05) is 6.20 Å². The van der Waals surface area contributed by atoms with Crippen LogP contribution in [0.15, 0.2) is 6.20 Å². The molecule has 1 aliphatic heterocycles. The number of hydrogen-bond acceptors (Lipinski definition) is 3. The number of nitrogens with zero attached hydrogens (tertiary/aromatic N) is 2. The zero-order chi connectivity index (χ0) is 9.26. The lowest BCUT2D eigenvalue weighted by Crippen LogP contribution is -2.26. The van der Waals surface area contributed by atoms with Crippen LogP contribution in [0, 0.1) is 0 Å². The van der Waals surface area contributed by atoms with Gasteiger partial charge in [-0.3, -0.25) is 9.97 Å². The van der Waals surface area contributed by atoms with E-state index >= 15 is 0 Å². The van der Waals surface area contributed by atoms with Gasteiger partial charge in [-0.15, -0.1) is 0 Å². The van der Waals surface area contributed by atoms with Crippen LogP contribution in [-0.4, -0.2) is 16.5 Å². The summed E-state index contributed by atoms with van der Waals surface area (Å²) in [4.78, 5) is 9.03. The molecule has 3 heteroatoms. The Balaban J connectivity index is 2.35. The fraction of sp³-hybridized carbons (Fsp3) is 0.600. The molecule has 1 N–H and O–H groups in total. The van der Waals surface area contributed by atoms with Gasteiger partial charge in [0.2, 0.25) is 0 Å². The first-order valence-corrected chi connectivity index (χ1v) is 4.83. The van der Waals surface area contributed by atoms with Crippen LogP contribution in [0.5, 0.6) is 0 Å². The molecule has 2 rings (SSSR count). The summed E-state index contributed by atoms with van der Waals surface area (Å²) in [5, 5.41) is 3.29. The predicted octanol–water partition coefficient (Wildman–Crippen LogP) is 1.25. The highest BCUT2D eigenvalue weighted by Gasteiger charge is 2.12. The monoisotopic (exact) mass is 177 g/mol. The van der Waals surface area contributed by atoms with Crippen LogP contribution in [0.2, 0.25) is 0 Å². The second-order valence-electron chi connectivity index (χ2n) is 3.77. The van der Waals surface area contributed by atoms with Gasteiger partial charge in [0.05, 0.1) is 17.1 Å². The number of aromatic nitrogens is 2. The molecule has 0 amide bonds. The molecule has 0 aliphatic carbocycles. The van der Waals surface area contributed by atoms with Gasteiger partial charge in [0.15, 0.2) is 0 Å². The molecule has 0 bridgehead atoms. The van der Waals surface area contributed by atoms with Crippen LogP contribution in [0.1, 0.15) is 36.8 Å². The quantitative estimate of drug-likeness (QED) is 0.701. The Labute approximate surface area is 78.6 Å². The highest BCUT2D eigenvalue weighted by Crippen LogP contribution is 2.14. The van der Waals surface area contributed by atoms with Gasteiger partial charge in [0.1, 0.15) is 0 Å². The predicted molar refractivity (Wildman–Crippen MR) is 51.5 cm³/mol. The lowest BCUT2D eigenvalue weighted by Gasteiger charge is -2.16. The van der Waals surface area contributed by atoms with Crippen molar-refractivity contribution >= 4 is 0 Å². The van der Waals surface area contributed by atoms with E-state index < -0.39 is 0 Å². The van der Waals surface area contributed by atoms with Crippen molar-refractivity contribution in [3.8, 4) is 0 Å². The summed E-state index contributed by atoms with van der Waals surface area (Å²) in [6.07, 6.45) is 2.92. The van der Waals surface area contributed by atoms with Crippen molar-refractivity contribution in [2.45, 2.75) is 32.7 Å². The first-order valence-electron chi connectivity index (χ1n) is 4.83. The molecule has 3 nitrogen and oxygen atoms in total. The van der Waals surface area contributed by atoms with Crippen molar-refractivity contribution in [3.05, 3.63) is 23.3 Å². The van der Waals surface area contributed by atoms with Crippen molar-refractivity contribution < 1.29 is 0 Å². The highest BCUT2D eigenvalue weighted by molar-refractivity contribution is 5.18. The van der Waals surface area contributed by atoms with Crippen molar-refractivity contribution in [1.82, 2.24) is 15.3 Å². The Bertz CT molecular complexity index is 307. The molecule has 1 aromatic rings. The van der Waals surface area contributed by atoms with Gasteiger partial charge in [-0.05, 0) is 5.92 Å². The number of nitrogens with one attached hydrogen (secondary N) is 1. The molecule has 70 valence electrons. The Morgan fingerprint density at radius 1 is 1.38 bits per heavy atom. The average molecular weight is 177 g/mol. The topological polar surface area (TPSA) is 37.8 Å². The molecule has 0 radical (unpaired) electrons. The summed E-state index contributed by atoms with van der Waals surface area (Å²) in [5.74, 6) is 0.479. The molecular weight excluding hydrogens is 162 g/mol. The lowest BCUT2D eigenvalue weighted by atomic mass is 10.1. The van der Waals surface area contributed by atoms with E-state index in [4.69, 9.17) is 0 Å². The molecule has 0 atom stereocenters. The zero-order valence-corrected chi connectivity index (χ0v) is 8.17. The minimum atomic E-state index is 0.479. The SMILES string of the molecule is CC(C)c1cnc2c(n1)CCNC2. The van der Waals surface area contributed by atoms with Crippen molar-refractivity contribution in [2.24, 2.45) is 0 Å². The largest absolute Gasteiger partial charge is 0.311 e. The molecule has 0 unspecified atom stereocenters. The van der Waals surface area contributed by atoms with Crippen LogP contribution in [-0.2, 0) is 13.0 Å². The van der Waals surface area contributed by atoms with E-state index in [1.54, 1.807) is 0 Å². The first-order chi connectivity index (χ1) is 6.27. The van der Waals surface area contributed by atoms with Gasteiger partial charge in [0, 0.05) is 25.7 Å². The summed E-state index contributed by atoms with van der Waals surface area (Å²) >= 11 is 0. The zero-order valence-electron chi connectivity index (χ0n) is 8.17. The third-order valence-corrected chi connectivity index (χ3v) is 2.37. The fourth-order valence-electron chi connectivity index (χ4n) is 1.51. The third kappa shape index (κ3) is 1.70. The number of rotatable bonds is 1. The summed E-state index contributed by atoms with van der Waals surface area (Å²) < 4.78 is 0. The molecule has 1 aliphatic rings. The number of fused-ring (bicyclic) bond motifs is 1. The molecular formula is C10H15N3. The van der Waals surface area contributed by atoms with E-state index in [-0.39, 0.29) is 0 Å². The molecule has 0 spiro atoms. The van der Waals surface area contributed by atoms with E-state index in [1.165, 1.54) is 5.69 Å². The van der Waals surface area contributed by atoms with Crippen molar-refractivity contribution in [3.63, 3.8) is 0 Å². The molecule has 0 saturated carbocycles. The van der Waals surface area contributed by atoms with E-state index in [2.05, 4.69) is 29.1 Å². The molecule has 1 aromatic heterocycles. The van der Waals surface area contributed by atoms with Crippen molar-refractivity contribution in [1.29, 1.82) is 0 Å². The van der Waals surface area contributed by atoms with Gasteiger partial charge >= 0.3 is 0 Å². The van der Waals surface area contributed by atoms with E-state index in [9.17, 15) is 0 Å². The van der Waals surface area contributed by atoms with Gasteiger partial charge in [-0.25, -0.2) is 0 Å². The highest BCUT2D eigenvalue weighted by atomic mass is 14.9. The summed E-state index contributed by atoms with van der Waals surface area (Å²) in [7, 11) is 0. The van der Waals surface area contributed by atoms with E-state index in [0.717, 1.165) is 30.9 Å². The summed E-state index contributed by atoms with van der Waals surface area (Å²) in [5.41, 5.74) is 3.42. The van der Waals surface area contributed by atoms with Crippen LogP contribution in [0.4, 0.5) is 0 Å². The molecule has 13 heavy (non-hydrogen) atoms. The maximum Gasteiger partial charge on any atom is 0.0757 e. The Morgan fingerprint density at radius 3 is 3.00 bits per heavy atom. The Hall–Kier alpha value is -0.960. The molecule has 0 fully saturated rings.